The minimum atomic E-state index is -1.11. The monoisotopic (exact) mass is 523 g/mol. The molecule has 1 aliphatic heterocycles. The normalized spacial score (nSPS) is 13.9. The van der Waals surface area contributed by atoms with Gasteiger partial charge in [-0.15, -0.1) is 0 Å². The first kappa shape index (κ1) is 25.3. The molecular formula is C32H33N3O4. The van der Waals surface area contributed by atoms with Gasteiger partial charge in [-0.25, -0.2) is 9.78 Å². The molecule has 39 heavy (non-hydrogen) atoms. The van der Waals surface area contributed by atoms with Crippen molar-refractivity contribution in [3.63, 3.8) is 0 Å². The Kier molecular flexibility index (Phi) is 6.47. The maximum atomic E-state index is 12.7. The molecule has 6 rings (SSSR count). The molecule has 0 saturated carbocycles. The van der Waals surface area contributed by atoms with Gasteiger partial charge in [0.25, 0.3) is 0 Å². The van der Waals surface area contributed by atoms with Crippen molar-refractivity contribution in [2.45, 2.75) is 59.0 Å². The molecule has 1 atom stereocenters. The van der Waals surface area contributed by atoms with Crippen LogP contribution in [0.5, 0.6) is 5.75 Å². The Hall–Kier alpha value is -3.97. The predicted molar refractivity (Wildman–Crippen MR) is 153 cm³/mol. The van der Waals surface area contributed by atoms with Crippen LogP contribution in [0, 0.1) is 6.92 Å². The first-order valence-electron chi connectivity index (χ1n) is 13.7. The van der Waals surface area contributed by atoms with Crippen LogP contribution in [0.4, 0.5) is 0 Å². The van der Waals surface area contributed by atoms with Gasteiger partial charge < -0.3 is 14.6 Å². The van der Waals surface area contributed by atoms with Gasteiger partial charge in [0.15, 0.2) is 6.10 Å². The van der Waals surface area contributed by atoms with Gasteiger partial charge in [0, 0.05) is 47.3 Å². The van der Waals surface area contributed by atoms with E-state index in [4.69, 9.17) is 19.4 Å². The molecule has 1 aliphatic rings. The molecule has 0 saturated heterocycles. The number of carbonyl (C=O) groups is 1. The summed E-state index contributed by atoms with van der Waals surface area (Å²) in [4.78, 5) is 22.4. The van der Waals surface area contributed by atoms with E-state index in [9.17, 15) is 9.90 Å². The average molecular weight is 524 g/mol. The quantitative estimate of drug-likeness (QED) is 0.220. The SMILES string of the molecule is CCCCOC(C(=O)O)c1c(C)cc2c(ccc3nc(C(C)C)cn32)c1-c1ccc2c3c(ccnc13)CCO2. The third kappa shape index (κ3) is 4.21. The highest BCUT2D eigenvalue weighted by Gasteiger charge is 2.30. The Labute approximate surface area is 227 Å². The highest BCUT2D eigenvalue weighted by atomic mass is 16.5. The van der Waals surface area contributed by atoms with Gasteiger partial charge in [0.1, 0.15) is 11.4 Å². The summed E-state index contributed by atoms with van der Waals surface area (Å²) in [7, 11) is 0. The lowest BCUT2D eigenvalue weighted by atomic mass is 9.86. The molecule has 4 heterocycles. The molecule has 2 aromatic carbocycles. The summed E-state index contributed by atoms with van der Waals surface area (Å²) in [6.45, 7) is 9.31. The molecule has 3 aromatic heterocycles. The topological polar surface area (TPSA) is 86.0 Å². The zero-order chi connectivity index (χ0) is 27.3. The van der Waals surface area contributed by atoms with E-state index in [1.165, 1.54) is 5.56 Å². The average Bonchev–Trinajstić information content (AvgIpc) is 3.37. The number of nitrogens with zero attached hydrogens (tertiary/aromatic N) is 3. The molecule has 0 radical (unpaired) electrons. The summed E-state index contributed by atoms with van der Waals surface area (Å²) in [5.41, 5.74) is 8.06. The lowest BCUT2D eigenvalue weighted by molar-refractivity contribution is -0.151. The van der Waals surface area contributed by atoms with Crippen molar-refractivity contribution in [2.24, 2.45) is 0 Å². The number of aromatic nitrogens is 3. The van der Waals surface area contributed by atoms with E-state index in [1.807, 2.05) is 37.4 Å². The number of hydrogen-bond donors (Lipinski definition) is 1. The van der Waals surface area contributed by atoms with E-state index >= 15 is 0 Å². The van der Waals surface area contributed by atoms with Gasteiger partial charge in [-0.3, -0.25) is 9.38 Å². The number of hydrogen-bond acceptors (Lipinski definition) is 5. The number of aryl methyl sites for hydroxylation is 1. The standard InChI is InChI=1S/C32H33N3O4/c1-5-6-14-39-31(32(36)37)27-19(4)16-24-21(8-10-26-34-23(18(2)3)17-35(24)26)29(27)22-7-9-25-28-20(12-15-38-25)11-13-33-30(22)28/h7-11,13,16-18,31H,5-6,12,14-15H2,1-4H3,(H,36,37). The van der Waals surface area contributed by atoms with E-state index in [0.717, 1.165) is 74.8 Å². The minimum absolute atomic E-state index is 0.285. The number of carboxylic acids is 1. The van der Waals surface area contributed by atoms with E-state index in [2.05, 4.69) is 43.5 Å². The molecule has 7 nitrogen and oxygen atoms in total. The smallest absolute Gasteiger partial charge is 0.337 e. The zero-order valence-electron chi connectivity index (χ0n) is 22.8. The van der Waals surface area contributed by atoms with E-state index < -0.39 is 12.1 Å². The third-order valence-electron chi connectivity index (χ3n) is 7.70. The Morgan fingerprint density at radius 3 is 2.82 bits per heavy atom. The van der Waals surface area contributed by atoms with Crippen LogP contribution in [-0.4, -0.2) is 38.7 Å². The molecular weight excluding hydrogens is 490 g/mol. The van der Waals surface area contributed by atoms with E-state index in [-0.39, 0.29) is 5.92 Å². The van der Waals surface area contributed by atoms with Crippen LogP contribution in [0.15, 0.2) is 48.8 Å². The van der Waals surface area contributed by atoms with Gasteiger partial charge in [0.2, 0.25) is 0 Å². The fourth-order valence-corrected chi connectivity index (χ4v) is 5.71. The van der Waals surface area contributed by atoms with Crippen LogP contribution < -0.4 is 4.74 Å². The maximum absolute atomic E-state index is 12.7. The van der Waals surface area contributed by atoms with Crippen LogP contribution in [0.1, 0.15) is 68.0 Å². The molecule has 1 N–H and O–H groups in total. The van der Waals surface area contributed by atoms with Crippen molar-refractivity contribution in [3.8, 4) is 16.9 Å². The highest BCUT2D eigenvalue weighted by Crippen LogP contribution is 2.44. The van der Waals surface area contributed by atoms with Gasteiger partial charge in [-0.2, -0.15) is 0 Å². The number of rotatable bonds is 8. The number of unbranched alkanes of at least 4 members (excludes halogenated alkanes) is 1. The Morgan fingerprint density at radius 2 is 2.05 bits per heavy atom. The summed E-state index contributed by atoms with van der Waals surface area (Å²) < 4.78 is 14.2. The molecule has 0 bridgehead atoms. The molecule has 0 spiro atoms. The largest absolute Gasteiger partial charge is 0.493 e. The molecule has 0 amide bonds. The van der Waals surface area contributed by atoms with Crippen molar-refractivity contribution < 1.29 is 19.4 Å². The second kappa shape index (κ2) is 9.97. The van der Waals surface area contributed by atoms with Crippen molar-refractivity contribution in [1.29, 1.82) is 0 Å². The third-order valence-corrected chi connectivity index (χ3v) is 7.70. The molecule has 7 heteroatoms. The first-order chi connectivity index (χ1) is 18.9. The van der Waals surface area contributed by atoms with Crippen molar-refractivity contribution in [3.05, 3.63) is 71.2 Å². The van der Waals surface area contributed by atoms with Crippen molar-refractivity contribution in [1.82, 2.24) is 14.4 Å². The van der Waals surface area contributed by atoms with Crippen LogP contribution in [0.2, 0.25) is 0 Å². The summed E-state index contributed by atoms with van der Waals surface area (Å²) in [5, 5.41) is 12.3. The van der Waals surface area contributed by atoms with Crippen LogP contribution >= 0.6 is 0 Å². The first-order valence-corrected chi connectivity index (χ1v) is 13.7. The second-order valence-corrected chi connectivity index (χ2v) is 10.6. The number of imidazole rings is 1. The van der Waals surface area contributed by atoms with Crippen LogP contribution in [0.3, 0.4) is 0 Å². The molecule has 1 unspecified atom stereocenters. The molecule has 5 aromatic rings. The second-order valence-electron chi connectivity index (χ2n) is 10.6. The van der Waals surface area contributed by atoms with Crippen LogP contribution in [-0.2, 0) is 16.0 Å². The number of ether oxygens (including phenoxy) is 2. The summed E-state index contributed by atoms with van der Waals surface area (Å²) in [5.74, 6) is 0.0987. The van der Waals surface area contributed by atoms with E-state index in [1.54, 1.807) is 0 Å². The van der Waals surface area contributed by atoms with Gasteiger partial charge in [0.05, 0.1) is 23.3 Å². The molecule has 0 fully saturated rings. The number of pyridine rings is 2. The molecule has 200 valence electrons. The Bertz CT molecular complexity index is 1730. The number of benzene rings is 2. The van der Waals surface area contributed by atoms with E-state index in [0.29, 0.717) is 18.8 Å². The van der Waals surface area contributed by atoms with Crippen molar-refractivity contribution >= 4 is 33.4 Å². The lowest BCUT2D eigenvalue weighted by Crippen LogP contribution is -2.19. The maximum Gasteiger partial charge on any atom is 0.337 e. The lowest BCUT2D eigenvalue weighted by Gasteiger charge is -2.24. The van der Waals surface area contributed by atoms with Gasteiger partial charge >= 0.3 is 5.97 Å². The Balaban J connectivity index is 1.72. The minimum Gasteiger partial charge on any atom is -0.493 e. The number of carboxylic acid groups (broad SMARTS) is 1. The predicted octanol–water partition coefficient (Wildman–Crippen LogP) is 7.01. The Morgan fingerprint density at radius 1 is 1.21 bits per heavy atom. The van der Waals surface area contributed by atoms with Gasteiger partial charge in [-0.1, -0.05) is 27.2 Å². The highest BCUT2D eigenvalue weighted by molar-refractivity contribution is 6.08. The van der Waals surface area contributed by atoms with Crippen molar-refractivity contribution in [2.75, 3.05) is 13.2 Å². The molecule has 0 aliphatic carbocycles. The summed E-state index contributed by atoms with van der Waals surface area (Å²) in [6.07, 6.45) is 5.33. The zero-order valence-corrected chi connectivity index (χ0v) is 22.8. The summed E-state index contributed by atoms with van der Waals surface area (Å²) in [6, 6.07) is 12.2. The number of fused-ring (bicyclic) bond motifs is 3. The van der Waals surface area contributed by atoms with Crippen LogP contribution in [0.25, 0.3) is 38.6 Å². The van der Waals surface area contributed by atoms with Gasteiger partial charge in [-0.05, 0) is 72.4 Å². The summed E-state index contributed by atoms with van der Waals surface area (Å²) >= 11 is 0. The fraction of sp³-hybridized carbons (Fsp3) is 0.344. The number of aliphatic carboxylic acids is 1. The fourth-order valence-electron chi connectivity index (χ4n) is 5.71.